The van der Waals surface area contributed by atoms with E-state index in [0.717, 1.165) is 5.56 Å². The van der Waals surface area contributed by atoms with Gasteiger partial charge in [-0.15, -0.1) is 0 Å². The summed E-state index contributed by atoms with van der Waals surface area (Å²) in [5.41, 5.74) is 17.0. The molecule has 1 rings (SSSR count). The van der Waals surface area contributed by atoms with Crippen LogP contribution in [0, 0.1) is 5.92 Å². The van der Waals surface area contributed by atoms with E-state index in [4.69, 9.17) is 17.2 Å². The molecule has 6 unspecified atom stereocenters. The van der Waals surface area contributed by atoms with Crippen molar-refractivity contribution >= 4 is 29.7 Å². The van der Waals surface area contributed by atoms with Gasteiger partial charge in [-0.2, -0.15) is 0 Å². The molecule has 0 heterocycles. The van der Waals surface area contributed by atoms with Gasteiger partial charge in [0.2, 0.25) is 17.7 Å². The third kappa shape index (κ3) is 11.1. The lowest BCUT2D eigenvalue weighted by Gasteiger charge is -2.28. The molecule has 13 heteroatoms. The van der Waals surface area contributed by atoms with Crippen molar-refractivity contribution in [2.75, 3.05) is 6.54 Å². The molecule has 38 heavy (non-hydrogen) atoms. The lowest BCUT2D eigenvalue weighted by atomic mass is 9.96. The third-order valence-corrected chi connectivity index (χ3v) is 6.09. The smallest absolute Gasteiger partial charge is 0.326 e. The number of aliphatic hydroxyl groups is 1. The average Bonchev–Trinajstić information content (AvgIpc) is 2.87. The first-order chi connectivity index (χ1) is 17.9. The number of amides is 3. The van der Waals surface area contributed by atoms with Gasteiger partial charge >= 0.3 is 5.97 Å². The number of nitrogens with one attached hydrogen (secondary N) is 3. The molecule has 11 N–H and O–H groups in total. The number of benzene rings is 1. The van der Waals surface area contributed by atoms with E-state index >= 15 is 0 Å². The van der Waals surface area contributed by atoms with Crippen molar-refractivity contribution in [2.45, 2.75) is 76.7 Å². The molecule has 0 aromatic heterocycles. The summed E-state index contributed by atoms with van der Waals surface area (Å²) in [6.07, 6.45) is -0.160. The third-order valence-electron chi connectivity index (χ3n) is 6.09. The number of carbonyl (C=O) groups excluding carboxylic acids is 3. The van der Waals surface area contributed by atoms with Crippen LogP contribution in [0.25, 0.3) is 0 Å². The zero-order chi connectivity index (χ0) is 28.8. The molecule has 0 fully saturated rings. The largest absolute Gasteiger partial charge is 0.480 e. The topological polar surface area (TPSA) is 235 Å². The van der Waals surface area contributed by atoms with E-state index in [1.165, 1.54) is 6.92 Å². The first kappa shape index (κ1) is 32.3. The number of nitrogens with zero attached hydrogens (tertiary/aromatic N) is 1. The fourth-order valence-electron chi connectivity index (χ4n) is 3.52. The molecular weight excluding hydrogens is 494 g/mol. The predicted molar refractivity (Wildman–Crippen MR) is 143 cm³/mol. The van der Waals surface area contributed by atoms with E-state index in [1.54, 1.807) is 37.3 Å². The molecule has 0 aliphatic rings. The van der Waals surface area contributed by atoms with E-state index in [1.807, 2.05) is 6.92 Å². The summed E-state index contributed by atoms with van der Waals surface area (Å²) in [4.78, 5) is 54.6. The number of nitrogens with two attached hydrogens (primary N) is 3. The molecule has 3 amide bonds. The van der Waals surface area contributed by atoms with Crippen LogP contribution >= 0.6 is 0 Å². The van der Waals surface area contributed by atoms with Gasteiger partial charge in [-0.1, -0.05) is 50.6 Å². The Morgan fingerprint density at radius 3 is 2.08 bits per heavy atom. The maximum atomic E-state index is 13.3. The van der Waals surface area contributed by atoms with Crippen LogP contribution < -0.4 is 33.2 Å². The highest BCUT2D eigenvalue weighted by molar-refractivity contribution is 5.94. The summed E-state index contributed by atoms with van der Waals surface area (Å²) in [5, 5.41) is 27.0. The van der Waals surface area contributed by atoms with Crippen molar-refractivity contribution in [3.63, 3.8) is 0 Å². The van der Waals surface area contributed by atoms with Crippen molar-refractivity contribution in [3.05, 3.63) is 35.9 Å². The molecule has 212 valence electrons. The van der Waals surface area contributed by atoms with Crippen LogP contribution in [0.1, 0.15) is 45.6 Å². The zero-order valence-electron chi connectivity index (χ0n) is 22.1. The van der Waals surface area contributed by atoms with Gasteiger partial charge in [0, 0.05) is 13.0 Å². The highest BCUT2D eigenvalue weighted by Crippen LogP contribution is 2.11. The van der Waals surface area contributed by atoms with Crippen molar-refractivity contribution < 1.29 is 29.4 Å². The summed E-state index contributed by atoms with van der Waals surface area (Å²) in [6.45, 7) is 5.12. The number of carboxylic acids is 1. The van der Waals surface area contributed by atoms with E-state index in [0.29, 0.717) is 12.8 Å². The number of hydrogen-bond acceptors (Lipinski definition) is 7. The molecule has 1 aromatic rings. The average molecular weight is 536 g/mol. The van der Waals surface area contributed by atoms with Gasteiger partial charge in [-0.25, -0.2) is 4.79 Å². The number of aliphatic imine (C=N–C) groups is 1. The van der Waals surface area contributed by atoms with Gasteiger partial charge < -0.3 is 43.4 Å². The van der Waals surface area contributed by atoms with Gasteiger partial charge in [-0.05, 0) is 31.2 Å². The zero-order valence-corrected chi connectivity index (χ0v) is 22.1. The maximum Gasteiger partial charge on any atom is 0.326 e. The predicted octanol–water partition coefficient (Wildman–Crippen LogP) is -1.42. The Hall–Kier alpha value is -3.71. The van der Waals surface area contributed by atoms with E-state index < -0.39 is 54.0 Å². The Morgan fingerprint density at radius 2 is 1.55 bits per heavy atom. The molecule has 0 spiro atoms. The Kier molecular flexibility index (Phi) is 13.8. The molecule has 13 nitrogen and oxygen atoms in total. The minimum atomic E-state index is -1.26. The SMILES string of the molecule is CCC(C)C(NC(=O)C(Cc1ccccc1)NC(=O)C(N)C(C)O)C(=O)NC(CCCN=C(N)N)C(=O)O. The highest BCUT2D eigenvalue weighted by Gasteiger charge is 2.33. The van der Waals surface area contributed by atoms with Crippen LogP contribution in [0.2, 0.25) is 0 Å². The number of aliphatic hydroxyl groups excluding tert-OH is 1. The maximum absolute atomic E-state index is 13.3. The summed E-state index contributed by atoms with van der Waals surface area (Å²) in [7, 11) is 0. The number of rotatable bonds is 16. The quantitative estimate of drug-likeness (QED) is 0.0703. The number of hydrogen-bond donors (Lipinski definition) is 8. The van der Waals surface area contributed by atoms with Crippen molar-refractivity contribution in [3.8, 4) is 0 Å². The van der Waals surface area contributed by atoms with E-state index in [2.05, 4.69) is 20.9 Å². The number of aliphatic carboxylic acids is 1. The van der Waals surface area contributed by atoms with Crippen molar-refractivity contribution in [2.24, 2.45) is 28.1 Å². The van der Waals surface area contributed by atoms with Gasteiger partial charge in [0.1, 0.15) is 24.2 Å². The highest BCUT2D eigenvalue weighted by atomic mass is 16.4. The minimum Gasteiger partial charge on any atom is -0.480 e. The summed E-state index contributed by atoms with van der Waals surface area (Å²) < 4.78 is 0. The second kappa shape index (κ2) is 16.2. The molecule has 0 saturated carbocycles. The summed E-state index contributed by atoms with van der Waals surface area (Å²) >= 11 is 0. The van der Waals surface area contributed by atoms with Crippen molar-refractivity contribution in [1.29, 1.82) is 0 Å². The molecule has 0 aliphatic heterocycles. The molecule has 6 atom stereocenters. The second-order valence-electron chi connectivity index (χ2n) is 9.24. The Balaban J connectivity index is 3.08. The van der Waals surface area contributed by atoms with Gasteiger partial charge in [0.25, 0.3) is 0 Å². The van der Waals surface area contributed by atoms with E-state index in [-0.39, 0.29) is 31.3 Å². The number of carboxylic acid groups (broad SMARTS) is 1. The Labute approximate surface area is 222 Å². The summed E-state index contributed by atoms with van der Waals surface area (Å²) in [5.74, 6) is -3.77. The molecular formula is C25H41N7O6. The lowest BCUT2D eigenvalue weighted by Crippen LogP contribution is -2.59. The molecule has 0 bridgehead atoms. The second-order valence-corrected chi connectivity index (χ2v) is 9.24. The molecule has 0 saturated heterocycles. The standard InChI is InChI=1S/C25H41N7O6/c1-4-14(2)20(23(36)30-17(24(37)38)11-8-12-29-25(27)28)32-21(34)18(13-16-9-6-5-7-10-16)31-22(35)19(26)15(3)33/h5-7,9-10,14-15,17-20,33H,4,8,11-13,26H2,1-3H3,(H,30,36)(H,31,35)(H,32,34)(H,37,38)(H4,27,28,29). The van der Waals surface area contributed by atoms with Gasteiger partial charge in [0.05, 0.1) is 6.10 Å². The van der Waals surface area contributed by atoms with Gasteiger partial charge in [-0.3, -0.25) is 19.4 Å². The molecule has 0 radical (unpaired) electrons. The Morgan fingerprint density at radius 1 is 0.947 bits per heavy atom. The molecule has 0 aliphatic carbocycles. The number of carbonyl (C=O) groups is 4. The molecule has 1 aromatic carbocycles. The number of guanidine groups is 1. The van der Waals surface area contributed by atoms with Gasteiger partial charge in [0.15, 0.2) is 5.96 Å². The lowest BCUT2D eigenvalue weighted by molar-refractivity contribution is -0.143. The fraction of sp³-hybridized carbons (Fsp3) is 0.560. The monoisotopic (exact) mass is 535 g/mol. The normalized spacial score (nSPS) is 15.6. The van der Waals surface area contributed by atoms with E-state index in [9.17, 15) is 29.4 Å². The van der Waals surface area contributed by atoms with Crippen molar-refractivity contribution in [1.82, 2.24) is 16.0 Å². The first-order valence-corrected chi connectivity index (χ1v) is 12.5. The Bertz CT molecular complexity index is 953. The van der Waals surface area contributed by atoms with Crippen LogP contribution in [0.5, 0.6) is 0 Å². The first-order valence-electron chi connectivity index (χ1n) is 12.5. The van der Waals surface area contributed by atoms with Crippen LogP contribution in [-0.4, -0.2) is 76.7 Å². The van der Waals surface area contributed by atoms with Crippen LogP contribution in [0.15, 0.2) is 35.3 Å². The minimum absolute atomic E-state index is 0.0724. The van der Waals surface area contributed by atoms with Crippen LogP contribution in [0.4, 0.5) is 0 Å². The summed E-state index contributed by atoms with van der Waals surface area (Å²) in [6, 6.07) is 4.26. The fourth-order valence-corrected chi connectivity index (χ4v) is 3.52. The van der Waals surface area contributed by atoms with Crippen LogP contribution in [0.3, 0.4) is 0 Å². The van der Waals surface area contributed by atoms with Crippen LogP contribution in [-0.2, 0) is 25.6 Å².